The number of para-hydroxylation sites is 1. The minimum atomic E-state index is -1.23. The van der Waals surface area contributed by atoms with E-state index in [1.807, 2.05) is 75.4 Å². The number of nitrogens with zero attached hydrogens (tertiary/aromatic N) is 1. The first-order chi connectivity index (χ1) is 11.7. The maximum atomic E-state index is 12.6. The monoisotopic (exact) mass is 337 g/mol. The highest BCUT2D eigenvalue weighted by molar-refractivity contribution is 5.93. The molecule has 4 nitrogen and oxygen atoms in total. The number of carbonyl (C=O) groups excluding carboxylic acids is 1. The van der Waals surface area contributed by atoms with Gasteiger partial charge in [-0.1, -0.05) is 48.5 Å². The molecule has 3 rings (SSSR count). The number of hydrogen-bond donors (Lipinski definition) is 1. The number of aromatic nitrogens is 1. The van der Waals surface area contributed by atoms with E-state index >= 15 is 0 Å². The van der Waals surface area contributed by atoms with Crippen molar-refractivity contribution in [3.05, 3.63) is 71.9 Å². The lowest BCUT2D eigenvalue weighted by Gasteiger charge is -2.23. The summed E-state index contributed by atoms with van der Waals surface area (Å²) in [7, 11) is 0. The van der Waals surface area contributed by atoms with E-state index in [1.165, 1.54) is 4.57 Å². The first-order valence-electron chi connectivity index (χ1n) is 8.32. The number of hydrogen-bond acceptors (Lipinski definition) is 3. The van der Waals surface area contributed by atoms with Crippen molar-refractivity contribution in [1.29, 1.82) is 0 Å². The molecule has 0 aliphatic heterocycles. The summed E-state index contributed by atoms with van der Waals surface area (Å²) in [5.74, 6) is 0. The van der Waals surface area contributed by atoms with E-state index in [1.54, 1.807) is 13.1 Å². The Kier molecular flexibility index (Phi) is 4.17. The van der Waals surface area contributed by atoms with Gasteiger partial charge in [0, 0.05) is 17.1 Å². The van der Waals surface area contributed by atoms with Crippen LogP contribution in [0, 0.1) is 0 Å². The van der Waals surface area contributed by atoms with Gasteiger partial charge in [-0.05, 0) is 39.3 Å². The highest BCUT2D eigenvalue weighted by Crippen LogP contribution is 2.35. The molecule has 0 saturated carbocycles. The number of rotatable bonds is 2. The van der Waals surface area contributed by atoms with Gasteiger partial charge in [0.1, 0.15) is 11.2 Å². The fourth-order valence-electron chi connectivity index (χ4n) is 2.95. The van der Waals surface area contributed by atoms with Gasteiger partial charge in [0.2, 0.25) is 0 Å². The molecule has 3 aromatic rings. The minimum absolute atomic E-state index is 0.459. The van der Waals surface area contributed by atoms with Crippen LogP contribution >= 0.6 is 0 Å². The third-order valence-electron chi connectivity index (χ3n) is 4.16. The predicted octanol–water partition coefficient (Wildman–Crippen LogP) is 4.68. The fourth-order valence-corrected chi connectivity index (χ4v) is 2.95. The van der Waals surface area contributed by atoms with Gasteiger partial charge in [0.25, 0.3) is 0 Å². The van der Waals surface area contributed by atoms with E-state index in [9.17, 15) is 9.90 Å². The second kappa shape index (κ2) is 6.05. The molecule has 0 saturated heterocycles. The smallest absolute Gasteiger partial charge is 0.419 e. The molecule has 1 N–H and O–H groups in total. The van der Waals surface area contributed by atoms with E-state index < -0.39 is 17.3 Å². The lowest BCUT2D eigenvalue weighted by atomic mass is 9.88. The van der Waals surface area contributed by atoms with Crippen LogP contribution in [0.15, 0.2) is 60.8 Å². The molecular weight excluding hydrogens is 314 g/mol. The molecule has 0 amide bonds. The zero-order chi connectivity index (χ0) is 18.2. The van der Waals surface area contributed by atoms with Crippen molar-refractivity contribution >= 4 is 17.0 Å². The summed E-state index contributed by atoms with van der Waals surface area (Å²) in [5.41, 5.74) is 0.323. The van der Waals surface area contributed by atoms with Crippen molar-refractivity contribution in [3.63, 3.8) is 0 Å². The van der Waals surface area contributed by atoms with Gasteiger partial charge < -0.3 is 9.84 Å². The van der Waals surface area contributed by atoms with Crippen LogP contribution in [-0.4, -0.2) is 21.4 Å². The Labute approximate surface area is 147 Å². The summed E-state index contributed by atoms with van der Waals surface area (Å²) in [5, 5.41) is 12.0. The summed E-state index contributed by atoms with van der Waals surface area (Å²) >= 11 is 0. The normalized spacial score (nSPS) is 14.3. The Morgan fingerprint density at radius 3 is 2.20 bits per heavy atom. The van der Waals surface area contributed by atoms with E-state index in [-0.39, 0.29) is 0 Å². The van der Waals surface area contributed by atoms with Crippen LogP contribution in [-0.2, 0) is 10.3 Å². The first-order valence-corrected chi connectivity index (χ1v) is 8.32. The Morgan fingerprint density at radius 1 is 0.960 bits per heavy atom. The fraction of sp³-hybridized carbons (Fsp3) is 0.286. The standard InChI is InChI=1S/C21H23NO3/c1-20(2,3)25-19(23)22-14-17(16-12-8-9-13-18(16)22)21(4,24)15-10-6-5-7-11-15/h5-14,24H,1-4H3/t21-/m0/s1. The van der Waals surface area contributed by atoms with Gasteiger partial charge >= 0.3 is 6.09 Å². The van der Waals surface area contributed by atoms with Gasteiger partial charge in [-0.3, -0.25) is 4.57 Å². The molecular formula is C21H23NO3. The molecule has 25 heavy (non-hydrogen) atoms. The molecule has 4 heteroatoms. The summed E-state index contributed by atoms with van der Waals surface area (Å²) in [6.45, 7) is 7.23. The van der Waals surface area contributed by atoms with Crippen molar-refractivity contribution in [1.82, 2.24) is 4.57 Å². The summed E-state index contributed by atoms with van der Waals surface area (Å²) in [4.78, 5) is 12.6. The molecule has 1 atom stereocenters. The van der Waals surface area contributed by atoms with Gasteiger partial charge in [0.05, 0.1) is 5.52 Å². The van der Waals surface area contributed by atoms with E-state index in [2.05, 4.69) is 0 Å². The molecule has 0 aliphatic rings. The van der Waals surface area contributed by atoms with E-state index in [0.29, 0.717) is 11.1 Å². The van der Waals surface area contributed by atoms with Crippen LogP contribution < -0.4 is 0 Å². The van der Waals surface area contributed by atoms with Crippen LogP contribution in [0.5, 0.6) is 0 Å². The number of fused-ring (bicyclic) bond motifs is 1. The van der Waals surface area contributed by atoms with Crippen LogP contribution in [0.25, 0.3) is 10.9 Å². The summed E-state index contributed by atoms with van der Waals surface area (Å²) < 4.78 is 6.97. The zero-order valence-corrected chi connectivity index (χ0v) is 15.0. The summed E-state index contributed by atoms with van der Waals surface area (Å²) in [6.07, 6.45) is 1.21. The minimum Gasteiger partial charge on any atom is -0.443 e. The first kappa shape index (κ1) is 17.2. The molecule has 0 spiro atoms. The second-order valence-corrected chi connectivity index (χ2v) is 7.35. The largest absolute Gasteiger partial charge is 0.443 e. The molecule has 1 heterocycles. The van der Waals surface area contributed by atoms with Gasteiger partial charge in [-0.2, -0.15) is 0 Å². The maximum Gasteiger partial charge on any atom is 0.419 e. The SMILES string of the molecule is CC(C)(C)OC(=O)n1cc([C@@](C)(O)c2ccccc2)c2ccccc21. The molecule has 0 unspecified atom stereocenters. The van der Waals surface area contributed by atoms with Crippen molar-refractivity contribution in [2.75, 3.05) is 0 Å². The van der Waals surface area contributed by atoms with Crippen LogP contribution in [0.1, 0.15) is 38.8 Å². The Hall–Kier alpha value is -2.59. The molecule has 130 valence electrons. The van der Waals surface area contributed by atoms with Crippen molar-refractivity contribution in [3.8, 4) is 0 Å². The van der Waals surface area contributed by atoms with Crippen LogP contribution in [0.4, 0.5) is 4.79 Å². The third-order valence-corrected chi connectivity index (χ3v) is 4.16. The quantitative estimate of drug-likeness (QED) is 0.738. The summed E-state index contributed by atoms with van der Waals surface area (Å²) in [6, 6.07) is 16.9. The predicted molar refractivity (Wildman–Crippen MR) is 98.7 cm³/mol. The molecule has 0 radical (unpaired) electrons. The number of benzene rings is 2. The lowest BCUT2D eigenvalue weighted by Crippen LogP contribution is -2.27. The average molecular weight is 337 g/mol. The third kappa shape index (κ3) is 3.30. The van der Waals surface area contributed by atoms with E-state index in [0.717, 1.165) is 10.9 Å². The van der Waals surface area contributed by atoms with Crippen molar-refractivity contribution < 1.29 is 14.6 Å². The topological polar surface area (TPSA) is 51.5 Å². The van der Waals surface area contributed by atoms with Gasteiger partial charge in [-0.25, -0.2) is 4.79 Å². The van der Waals surface area contributed by atoms with Crippen molar-refractivity contribution in [2.24, 2.45) is 0 Å². The zero-order valence-electron chi connectivity index (χ0n) is 15.0. The molecule has 1 aromatic heterocycles. The number of ether oxygens (including phenoxy) is 1. The Morgan fingerprint density at radius 2 is 1.56 bits per heavy atom. The Bertz CT molecular complexity index is 902. The molecule has 2 aromatic carbocycles. The Balaban J connectivity index is 2.16. The highest BCUT2D eigenvalue weighted by Gasteiger charge is 2.31. The highest BCUT2D eigenvalue weighted by atomic mass is 16.6. The van der Waals surface area contributed by atoms with Gasteiger partial charge in [-0.15, -0.1) is 0 Å². The van der Waals surface area contributed by atoms with Crippen molar-refractivity contribution in [2.45, 2.75) is 38.9 Å². The average Bonchev–Trinajstić information content (AvgIpc) is 2.95. The number of carbonyl (C=O) groups is 1. The maximum absolute atomic E-state index is 12.6. The lowest BCUT2D eigenvalue weighted by molar-refractivity contribution is 0.0542. The second-order valence-electron chi connectivity index (χ2n) is 7.35. The van der Waals surface area contributed by atoms with Gasteiger partial charge in [0.15, 0.2) is 0 Å². The molecule has 0 aliphatic carbocycles. The molecule has 0 bridgehead atoms. The molecule has 0 fully saturated rings. The number of aliphatic hydroxyl groups is 1. The van der Waals surface area contributed by atoms with Crippen LogP contribution in [0.2, 0.25) is 0 Å². The van der Waals surface area contributed by atoms with Crippen LogP contribution in [0.3, 0.4) is 0 Å². The van der Waals surface area contributed by atoms with E-state index in [4.69, 9.17) is 4.74 Å².